The van der Waals surface area contributed by atoms with Crippen molar-refractivity contribution in [2.45, 2.75) is 19.4 Å². The smallest absolute Gasteiger partial charge is 0.120 e. The first kappa shape index (κ1) is 14.4. The van der Waals surface area contributed by atoms with E-state index in [-0.39, 0.29) is 0 Å². The second-order valence-corrected chi connectivity index (χ2v) is 5.41. The molecule has 0 aliphatic rings. The Morgan fingerprint density at radius 3 is 1.86 bits per heavy atom. The van der Waals surface area contributed by atoms with Gasteiger partial charge < -0.3 is 4.74 Å². The van der Waals surface area contributed by atoms with Gasteiger partial charge in [-0.25, -0.2) is 0 Å². The van der Waals surface area contributed by atoms with Crippen molar-refractivity contribution in [2.24, 2.45) is 0 Å². The molecule has 0 heterocycles. The average molecular weight is 288 g/mol. The molecular formula is C21H20O. The minimum atomic E-state index is 0.614. The zero-order valence-electron chi connectivity index (χ0n) is 12.6. The Morgan fingerprint density at radius 2 is 1.14 bits per heavy atom. The van der Waals surface area contributed by atoms with Crippen LogP contribution in [0.15, 0.2) is 84.9 Å². The highest BCUT2D eigenvalue weighted by Crippen LogP contribution is 2.17. The number of ether oxygens (including phenoxy) is 1. The van der Waals surface area contributed by atoms with Gasteiger partial charge in [0.1, 0.15) is 12.4 Å². The van der Waals surface area contributed by atoms with E-state index in [2.05, 4.69) is 60.7 Å². The van der Waals surface area contributed by atoms with E-state index in [1.807, 2.05) is 24.3 Å². The molecule has 3 aromatic carbocycles. The van der Waals surface area contributed by atoms with Gasteiger partial charge in [-0.3, -0.25) is 0 Å². The summed E-state index contributed by atoms with van der Waals surface area (Å²) < 4.78 is 5.88. The fourth-order valence-electron chi connectivity index (χ4n) is 2.47. The van der Waals surface area contributed by atoms with Crippen molar-refractivity contribution in [1.82, 2.24) is 0 Å². The van der Waals surface area contributed by atoms with Crippen molar-refractivity contribution in [3.63, 3.8) is 0 Å². The second-order valence-electron chi connectivity index (χ2n) is 5.41. The molecule has 3 aromatic rings. The first-order chi connectivity index (χ1) is 10.9. The molecule has 0 N–H and O–H groups in total. The molecule has 0 saturated heterocycles. The summed E-state index contributed by atoms with van der Waals surface area (Å²) in [5.74, 6) is 0.939. The number of rotatable bonds is 6. The van der Waals surface area contributed by atoms with Crippen LogP contribution >= 0.6 is 0 Å². The van der Waals surface area contributed by atoms with Crippen molar-refractivity contribution in [2.75, 3.05) is 0 Å². The molecule has 1 nitrogen and oxygen atoms in total. The molecule has 0 spiro atoms. The van der Waals surface area contributed by atoms with Gasteiger partial charge >= 0.3 is 0 Å². The van der Waals surface area contributed by atoms with Gasteiger partial charge in [-0.1, -0.05) is 72.8 Å². The molecule has 0 aromatic heterocycles. The summed E-state index contributed by atoms with van der Waals surface area (Å²) in [6, 6.07) is 29.3. The van der Waals surface area contributed by atoms with E-state index in [0.29, 0.717) is 6.61 Å². The second kappa shape index (κ2) is 7.46. The predicted octanol–water partition coefficient (Wildman–Crippen LogP) is 5.05. The summed E-state index contributed by atoms with van der Waals surface area (Å²) >= 11 is 0. The number of hydrogen-bond donors (Lipinski definition) is 0. The standard InChI is InChI=1S/C21H20O/c1-3-8-18(9-4-1)14-15-19-12-7-13-21(16-19)22-17-20-10-5-2-6-11-20/h1-13,16H,14-15,17H2. The van der Waals surface area contributed by atoms with Crippen LogP contribution in [0.2, 0.25) is 0 Å². The lowest BCUT2D eigenvalue weighted by Gasteiger charge is -2.08. The molecule has 0 aliphatic heterocycles. The Balaban J connectivity index is 1.58. The van der Waals surface area contributed by atoms with Crippen LogP contribution in [0, 0.1) is 0 Å². The molecular weight excluding hydrogens is 268 g/mol. The lowest BCUT2D eigenvalue weighted by Crippen LogP contribution is -1.96. The molecule has 0 unspecified atom stereocenters. The minimum absolute atomic E-state index is 0.614. The first-order valence-electron chi connectivity index (χ1n) is 7.70. The monoisotopic (exact) mass is 288 g/mol. The van der Waals surface area contributed by atoms with E-state index in [9.17, 15) is 0 Å². The summed E-state index contributed by atoms with van der Waals surface area (Å²) in [7, 11) is 0. The van der Waals surface area contributed by atoms with E-state index in [4.69, 9.17) is 4.74 Å². The maximum Gasteiger partial charge on any atom is 0.120 e. The van der Waals surface area contributed by atoms with Gasteiger partial charge in [0, 0.05) is 0 Å². The van der Waals surface area contributed by atoms with Crippen LogP contribution in [0.1, 0.15) is 16.7 Å². The lowest BCUT2D eigenvalue weighted by atomic mass is 10.0. The normalized spacial score (nSPS) is 10.4. The molecule has 3 rings (SSSR count). The van der Waals surface area contributed by atoms with E-state index in [0.717, 1.165) is 18.6 Å². The zero-order valence-corrected chi connectivity index (χ0v) is 12.6. The lowest BCUT2D eigenvalue weighted by molar-refractivity contribution is 0.306. The fourth-order valence-corrected chi connectivity index (χ4v) is 2.47. The van der Waals surface area contributed by atoms with E-state index in [1.165, 1.54) is 16.7 Å². The first-order valence-corrected chi connectivity index (χ1v) is 7.70. The largest absolute Gasteiger partial charge is 0.489 e. The highest BCUT2D eigenvalue weighted by atomic mass is 16.5. The number of aryl methyl sites for hydroxylation is 2. The molecule has 0 fully saturated rings. The highest BCUT2D eigenvalue weighted by molar-refractivity contribution is 5.30. The van der Waals surface area contributed by atoms with E-state index in [1.54, 1.807) is 0 Å². The molecule has 0 aliphatic carbocycles. The zero-order chi connectivity index (χ0) is 15.0. The van der Waals surface area contributed by atoms with Crippen LogP contribution < -0.4 is 4.74 Å². The summed E-state index contributed by atoms with van der Waals surface area (Å²) in [6.45, 7) is 0.614. The Labute approximate surface area is 132 Å². The molecule has 1 heteroatoms. The molecule has 0 amide bonds. The third-order valence-corrected chi connectivity index (χ3v) is 3.69. The van der Waals surface area contributed by atoms with Gasteiger partial charge in [0.25, 0.3) is 0 Å². The van der Waals surface area contributed by atoms with E-state index >= 15 is 0 Å². The summed E-state index contributed by atoms with van der Waals surface area (Å²) in [4.78, 5) is 0. The molecule has 0 saturated carbocycles. The summed E-state index contributed by atoms with van der Waals surface area (Å²) in [5.41, 5.74) is 3.88. The average Bonchev–Trinajstić information content (AvgIpc) is 2.60. The van der Waals surface area contributed by atoms with Crippen molar-refractivity contribution in [3.05, 3.63) is 102 Å². The van der Waals surface area contributed by atoms with Crippen molar-refractivity contribution in [1.29, 1.82) is 0 Å². The third kappa shape index (κ3) is 4.23. The van der Waals surface area contributed by atoms with Gasteiger partial charge in [0.2, 0.25) is 0 Å². The van der Waals surface area contributed by atoms with Crippen LogP contribution in [0.4, 0.5) is 0 Å². The number of benzene rings is 3. The van der Waals surface area contributed by atoms with Crippen LogP contribution in [-0.4, -0.2) is 0 Å². The molecule has 0 atom stereocenters. The third-order valence-electron chi connectivity index (χ3n) is 3.69. The maximum atomic E-state index is 5.88. The van der Waals surface area contributed by atoms with Gasteiger partial charge in [0.05, 0.1) is 0 Å². The number of hydrogen-bond acceptors (Lipinski definition) is 1. The summed E-state index contributed by atoms with van der Waals surface area (Å²) in [5, 5.41) is 0. The highest BCUT2D eigenvalue weighted by Gasteiger charge is 1.99. The van der Waals surface area contributed by atoms with Crippen LogP contribution in [-0.2, 0) is 19.4 Å². The van der Waals surface area contributed by atoms with Gasteiger partial charge in [-0.15, -0.1) is 0 Å². The topological polar surface area (TPSA) is 9.23 Å². The predicted molar refractivity (Wildman–Crippen MR) is 91.1 cm³/mol. The van der Waals surface area contributed by atoms with Crippen molar-refractivity contribution >= 4 is 0 Å². The molecule has 22 heavy (non-hydrogen) atoms. The van der Waals surface area contributed by atoms with Crippen molar-refractivity contribution in [3.8, 4) is 5.75 Å². The molecule has 0 bridgehead atoms. The Hall–Kier alpha value is -2.54. The Kier molecular flexibility index (Phi) is 4.88. The molecule has 0 radical (unpaired) electrons. The summed E-state index contributed by atoms with van der Waals surface area (Å²) in [6.07, 6.45) is 2.09. The quantitative estimate of drug-likeness (QED) is 0.616. The van der Waals surface area contributed by atoms with Crippen LogP contribution in [0.3, 0.4) is 0 Å². The fraction of sp³-hybridized carbons (Fsp3) is 0.143. The van der Waals surface area contributed by atoms with Crippen LogP contribution in [0.25, 0.3) is 0 Å². The Morgan fingerprint density at radius 1 is 0.545 bits per heavy atom. The van der Waals surface area contributed by atoms with E-state index < -0.39 is 0 Å². The SMILES string of the molecule is c1ccc(CCc2cccc(OCc3ccccc3)c2)cc1. The molecule has 110 valence electrons. The van der Waals surface area contributed by atoms with Gasteiger partial charge in [-0.05, 0) is 41.7 Å². The van der Waals surface area contributed by atoms with Gasteiger partial charge in [-0.2, -0.15) is 0 Å². The van der Waals surface area contributed by atoms with Crippen molar-refractivity contribution < 1.29 is 4.74 Å². The maximum absolute atomic E-state index is 5.88. The van der Waals surface area contributed by atoms with Crippen LogP contribution in [0.5, 0.6) is 5.75 Å². The minimum Gasteiger partial charge on any atom is -0.489 e. The van der Waals surface area contributed by atoms with Gasteiger partial charge in [0.15, 0.2) is 0 Å². The Bertz CT molecular complexity index is 631.